The molecular weight excluding hydrogens is 448 g/mol. The van der Waals surface area contributed by atoms with Crippen molar-refractivity contribution in [2.24, 2.45) is 5.73 Å². The average molecular weight is 476 g/mol. The quantitative estimate of drug-likeness (QED) is 0.332. The van der Waals surface area contributed by atoms with E-state index < -0.39 is 11.6 Å². The predicted molar refractivity (Wildman–Crippen MR) is 129 cm³/mol. The molecule has 0 saturated carbocycles. The lowest BCUT2D eigenvalue weighted by atomic mass is 9.91. The van der Waals surface area contributed by atoms with Crippen molar-refractivity contribution in [1.29, 1.82) is 0 Å². The van der Waals surface area contributed by atoms with Crippen LogP contribution in [-0.4, -0.2) is 19.9 Å². The summed E-state index contributed by atoms with van der Waals surface area (Å²) in [6, 6.07) is 12.9. The van der Waals surface area contributed by atoms with E-state index in [9.17, 15) is 9.18 Å². The third-order valence-corrected chi connectivity index (χ3v) is 5.10. The molecule has 0 heterocycles. The van der Waals surface area contributed by atoms with Crippen molar-refractivity contribution in [3.05, 3.63) is 76.3 Å². The average Bonchev–Trinajstić information content (AvgIpc) is 2.84. The monoisotopic (exact) mass is 475 g/mol. The van der Waals surface area contributed by atoms with Gasteiger partial charge in [0.2, 0.25) is 0 Å². The van der Waals surface area contributed by atoms with Gasteiger partial charge in [-0.1, -0.05) is 50.1 Å². The van der Waals surface area contributed by atoms with Gasteiger partial charge >= 0.3 is 0 Å². The molecule has 0 saturated heterocycles. The number of rotatable bonds is 9. The highest BCUT2D eigenvalue weighted by Crippen LogP contribution is 2.44. The molecule has 0 spiro atoms. The number of para-hydroxylation sites is 1. The molecule has 7 heteroatoms. The Kier molecular flexibility index (Phi) is 10.3. The lowest BCUT2D eigenvalue weighted by Gasteiger charge is -2.20. The molecule has 0 radical (unpaired) electrons. The second kappa shape index (κ2) is 12.9. The standard InChI is InChI=1S/C25H23ClF2O3.CH5N/c1-3-8-18-21(31-17-9-6-5-7-10-17)14-19(27)24(26)23(18)22-16(15-29)11-12-20(25(22)28)30-13-4-2;1-2/h5-7,9-12,14-15H,3-4,8,13H2,1-2H3;2H2,1H3. The molecular formula is C26H28ClF2NO3. The fourth-order valence-corrected chi connectivity index (χ4v) is 3.62. The molecule has 0 aromatic heterocycles. The van der Waals surface area contributed by atoms with E-state index in [1.165, 1.54) is 25.2 Å². The highest BCUT2D eigenvalue weighted by atomic mass is 35.5. The maximum atomic E-state index is 15.5. The van der Waals surface area contributed by atoms with E-state index in [0.29, 0.717) is 43.5 Å². The Balaban J connectivity index is 0.00000187. The van der Waals surface area contributed by atoms with E-state index in [4.69, 9.17) is 21.1 Å². The van der Waals surface area contributed by atoms with Crippen LogP contribution in [0.3, 0.4) is 0 Å². The molecule has 33 heavy (non-hydrogen) atoms. The number of carbonyl (C=O) groups is 1. The number of carbonyl (C=O) groups excluding carboxylic acids is 1. The van der Waals surface area contributed by atoms with Gasteiger partial charge in [-0.05, 0) is 44.2 Å². The minimum atomic E-state index is -0.765. The molecule has 3 aromatic carbocycles. The first-order valence-electron chi connectivity index (χ1n) is 10.7. The Morgan fingerprint density at radius 2 is 1.67 bits per heavy atom. The summed E-state index contributed by atoms with van der Waals surface area (Å²) in [7, 11) is 1.50. The van der Waals surface area contributed by atoms with Crippen molar-refractivity contribution in [2.45, 2.75) is 33.1 Å². The van der Waals surface area contributed by atoms with Crippen molar-refractivity contribution >= 4 is 17.9 Å². The second-order valence-corrected chi connectivity index (χ2v) is 7.38. The summed E-state index contributed by atoms with van der Waals surface area (Å²) >= 11 is 6.35. The normalized spacial score (nSPS) is 10.3. The van der Waals surface area contributed by atoms with Gasteiger partial charge in [0, 0.05) is 28.3 Å². The van der Waals surface area contributed by atoms with Crippen molar-refractivity contribution < 1.29 is 23.0 Å². The van der Waals surface area contributed by atoms with Crippen molar-refractivity contribution in [1.82, 2.24) is 0 Å². The molecule has 0 aliphatic rings. The van der Waals surface area contributed by atoms with Crippen LogP contribution in [0.2, 0.25) is 5.02 Å². The molecule has 0 fully saturated rings. The number of hydrogen-bond acceptors (Lipinski definition) is 4. The fourth-order valence-electron chi connectivity index (χ4n) is 3.35. The van der Waals surface area contributed by atoms with Crippen molar-refractivity contribution in [3.63, 3.8) is 0 Å². The molecule has 4 nitrogen and oxygen atoms in total. The molecule has 2 N–H and O–H groups in total. The Labute approximate surface area is 198 Å². The highest BCUT2D eigenvalue weighted by Gasteiger charge is 2.26. The Morgan fingerprint density at radius 3 is 2.27 bits per heavy atom. The van der Waals surface area contributed by atoms with Crippen LogP contribution in [0.15, 0.2) is 48.5 Å². The highest BCUT2D eigenvalue weighted by molar-refractivity contribution is 6.34. The second-order valence-electron chi connectivity index (χ2n) is 7.00. The summed E-state index contributed by atoms with van der Waals surface area (Å²) in [5.41, 5.74) is 5.09. The minimum absolute atomic E-state index is 0.0178. The van der Waals surface area contributed by atoms with Gasteiger partial charge in [-0.15, -0.1) is 0 Å². The summed E-state index contributed by atoms with van der Waals surface area (Å²) < 4.78 is 41.8. The molecule has 0 amide bonds. The Morgan fingerprint density at radius 1 is 0.970 bits per heavy atom. The molecule has 0 bridgehead atoms. The van der Waals surface area contributed by atoms with E-state index >= 15 is 4.39 Å². The third kappa shape index (κ3) is 6.09. The van der Waals surface area contributed by atoms with Gasteiger partial charge in [0.25, 0.3) is 0 Å². The van der Waals surface area contributed by atoms with E-state index in [-0.39, 0.29) is 33.2 Å². The van der Waals surface area contributed by atoms with Crippen LogP contribution in [0, 0.1) is 11.6 Å². The van der Waals surface area contributed by atoms with Crippen LogP contribution < -0.4 is 15.2 Å². The minimum Gasteiger partial charge on any atom is -0.491 e. The third-order valence-electron chi connectivity index (χ3n) is 4.73. The van der Waals surface area contributed by atoms with Gasteiger partial charge in [0.1, 0.15) is 17.3 Å². The number of halogens is 3. The van der Waals surface area contributed by atoms with Crippen molar-refractivity contribution in [2.75, 3.05) is 13.7 Å². The summed E-state index contributed by atoms with van der Waals surface area (Å²) in [6.07, 6.45) is 2.32. The Bertz CT molecular complexity index is 1080. The SMILES string of the molecule is CCCOc1ccc(C=O)c(-c2c(Cl)c(F)cc(Oc3ccccc3)c2CCC)c1F.CN. The molecule has 0 unspecified atom stereocenters. The van der Waals surface area contributed by atoms with E-state index in [0.717, 1.165) is 0 Å². The summed E-state index contributed by atoms with van der Waals surface area (Å²) in [4.78, 5) is 11.7. The van der Waals surface area contributed by atoms with Gasteiger partial charge in [-0.2, -0.15) is 0 Å². The first kappa shape index (κ1) is 26.3. The number of hydrogen-bond donors (Lipinski definition) is 1. The van der Waals surface area contributed by atoms with Crippen LogP contribution in [0.4, 0.5) is 8.78 Å². The van der Waals surface area contributed by atoms with Crippen LogP contribution in [0.1, 0.15) is 42.6 Å². The van der Waals surface area contributed by atoms with E-state index in [1.54, 1.807) is 24.3 Å². The first-order valence-corrected chi connectivity index (χ1v) is 11.1. The summed E-state index contributed by atoms with van der Waals surface area (Å²) in [5, 5.41) is -0.265. The molecule has 0 aliphatic heterocycles. The predicted octanol–water partition coefficient (Wildman–Crippen LogP) is 7.21. The van der Waals surface area contributed by atoms with Gasteiger partial charge < -0.3 is 15.2 Å². The van der Waals surface area contributed by atoms with Crippen molar-refractivity contribution in [3.8, 4) is 28.4 Å². The maximum Gasteiger partial charge on any atom is 0.173 e. The van der Waals surface area contributed by atoms with Gasteiger partial charge in [0.05, 0.1) is 11.6 Å². The molecule has 0 aliphatic carbocycles. The van der Waals surface area contributed by atoms with E-state index in [1.807, 2.05) is 19.9 Å². The largest absolute Gasteiger partial charge is 0.491 e. The fraction of sp³-hybridized carbons (Fsp3) is 0.269. The number of nitrogens with two attached hydrogens (primary N) is 1. The van der Waals surface area contributed by atoms with Gasteiger partial charge in [-0.25, -0.2) is 8.78 Å². The lowest BCUT2D eigenvalue weighted by Crippen LogP contribution is -2.05. The van der Waals surface area contributed by atoms with Crippen LogP contribution >= 0.6 is 11.6 Å². The smallest absolute Gasteiger partial charge is 0.173 e. The zero-order valence-electron chi connectivity index (χ0n) is 19.0. The molecule has 0 atom stereocenters. The van der Waals surface area contributed by atoms with E-state index in [2.05, 4.69) is 5.73 Å². The zero-order valence-corrected chi connectivity index (χ0v) is 19.7. The van der Waals surface area contributed by atoms with Gasteiger partial charge in [0.15, 0.2) is 17.9 Å². The summed E-state index contributed by atoms with van der Waals surface area (Å²) in [5.74, 6) is -0.812. The zero-order chi connectivity index (χ0) is 24.4. The van der Waals surface area contributed by atoms with Crippen LogP contribution in [0.25, 0.3) is 11.1 Å². The molecule has 3 aromatic rings. The van der Waals surface area contributed by atoms with Gasteiger partial charge in [-0.3, -0.25) is 4.79 Å². The Hall–Kier alpha value is -2.96. The molecule has 176 valence electrons. The maximum absolute atomic E-state index is 15.5. The number of ether oxygens (including phenoxy) is 2. The topological polar surface area (TPSA) is 61.5 Å². The van der Waals surface area contributed by atoms with Crippen LogP contribution in [-0.2, 0) is 6.42 Å². The first-order chi connectivity index (χ1) is 16.0. The number of aldehydes is 1. The summed E-state index contributed by atoms with van der Waals surface area (Å²) in [6.45, 7) is 4.14. The lowest BCUT2D eigenvalue weighted by molar-refractivity contribution is 0.112. The number of benzene rings is 3. The molecule has 3 rings (SSSR count). The van der Waals surface area contributed by atoms with Crippen LogP contribution in [0.5, 0.6) is 17.2 Å².